The molecule has 0 atom stereocenters. The van der Waals surface area contributed by atoms with Gasteiger partial charge in [0.05, 0.1) is 5.56 Å². The fourth-order valence-electron chi connectivity index (χ4n) is 2.61. The maximum absolute atomic E-state index is 12.3. The van der Waals surface area contributed by atoms with Crippen LogP contribution in [0, 0.1) is 11.3 Å². The minimum Gasteiger partial charge on any atom is -0.352 e. The highest BCUT2D eigenvalue weighted by Crippen LogP contribution is 2.18. The van der Waals surface area contributed by atoms with Crippen LogP contribution in [-0.2, 0) is 7.05 Å². The number of hydrogen-bond donors (Lipinski definition) is 1. The van der Waals surface area contributed by atoms with Crippen molar-refractivity contribution in [1.29, 1.82) is 5.26 Å². The summed E-state index contributed by atoms with van der Waals surface area (Å²) in [4.78, 5) is 20.4. The number of nitrogens with one attached hydrogen (secondary N) is 1. The van der Waals surface area contributed by atoms with Crippen molar-refractivity contribution in [3.05, 3.63) is 23.9 Å². The monoisotopic (exact) mass is 373 g/mol. The number of amides is 2. The number of tetrazole rings is 1. The summed E-state index contributed by atoms with van der Waals surface area (Å²) in [5.74, 6) is 1.38. The SMILES string of the molecule is Cn1nnnc1SCCNC(=O)N1CCN(c2ncccc2C#N)CC1. The molecule has 0 aliphatic carbocycles. The number of urea groups is 1. The second-order valence-corrected chi connectivity index (χ2v) is 6.69. The molecule has 0 spiro atoms. The Morgan fingerprint density at radius 3 is 2.88 bits per heavy atom. The van der Waals surface area contributed by atoms with Gasteiger partial charge < -0.3 is 15.1 Å². The lowest BCUT2D eigenvalue weighted by atomic mass is 10.2. The van der Waals surface area contributed by atoms with Gasteiger partial charge in [-0.25, -0.2) is 14.5 Å². The molecular formula is C15H19N9OS. The minimum atomic E-state index is -0.0807. The molecule has 2 amide bonds. The Labute approximate surface area is 155 Å². The molecule has 0 bridgehead atoms. The molecule has 0 unspecified atom stereocenters. The molecule has 2 aromatic heterocycles. The molecule has 1 aliphatic heterocycles. The molecule has 1 saturated heterocycles. The zero-order chi connectivity index (χ0) is 18.4. The standard InChI is InChI=1S/C15H19N9OS/c1-22-15(19-20-21-22)26-10-5-18-14(25)24-8-6-23(7-9-24)13-12(11-16)3-2-4-17-13/h2-4H,5-10H2,1H3,(H,18,25). The summed E-state index contributed by atoms with van der Waals surface area (Å²) in [5, 5.41) is 24.0. The number of thioether (sulfide) groups is 1. The number of aromatic nitrogens is 5. The molecule has 1 fully saturated rings. The highest BCUT2D eigenvalue weighted by molar-refractivity contribution is 7.99. The third-order valence-electron chi connectivity index (χ3n) is 3.96. The Morgan fingerprint density at radius 2 is 2.19 bits per heavy atom. The van der Waals surface area contributed by atoms with Gasteiger partial charge in [-0.3, -0.25) is 0 Å². The Hall–Kier alpha value is -2.87. The Kier molecular flexibility index (Phi) is 5.85. The summed E-state index contributed by atoms with van der Waals surface area (Å²) in [6.07, 6.45) is 1.68. The molecule has 0 aromatic carbocycles. The minimum absolute atomic E-state index is 0.0807. The first kappa shape index (κ1) is 17.9. The van der Waals surface area contributed by atoms with E-state index in [1.54, 1.807) is 35.0 Å². The van der Waals surface area contributed by atoms with E-state index in [1.807, 2.05) is 4.90 Å². The van der Waals surface area contributed by atoms with Crippen LogP contribution in [0.5, 0.6) is 0 Å². The van der Waals surface area contributed by atoms with Gasteiger partial charge in [0, 0.05) is 51.7 Å². The summed E-state index contributed by atoms with van der Waals surface area (Å²) in [6.45, 7) is 3.02. The number of nitriles is 1. The molecule has 3 rings (SSSR count). The summed E-state index contributed by atoms with van der Waals surface area (Å²) in [5.41, 5.74) is 0.556. The molecule has 3 heterocycles. The normalized spacial score (nSPS) is 14.2. The van der Waals surface area contributed by atoms with Crippen molar-refractivity contribution in [2.24, 2.45) is 7.05 Å². The molecule has 11 heteroatoms. The number of hydrogen-bond acceptors (Lipinski definition) is 8. The van der Waals surface area contributed by atoms with E-state index in [1.165, 1.54) is 11.8 Å². The highest BCUT2D eigenvalue weighted by Gasteiger charge is 2.23. The van der Waals surface area contributed by atoms with Crippen molar-refractivity contribution in [3.8, 4) is 6.07 Å². The zero-order valence-corrected chi connectivity index (χ0v) is 15.2. The van der Waals surface area contributed by atoms with Crippen molar-refractivity contribution < 1.29 is 4.79 Å². The summed E-state index contributed by atoms with van der Waals surface area (Å²) in [6, 6.07) is 5.59. The Balaban J connectivity index is 1.42. The van der Waals surface area contributed by atoms with Crippen molar-refractivity contribution >= 4 is 23.6 Å². The molecule has 0 radical (unpaired) electrons. The van der Waals surface area contributed by atoms with E-state index < -0.39 is 0 Å². The van der Waals surface area contributed by atoms with Crippen LogP contribution in [0.25, 0.3) is 0 Å². The van der Waals surface area contributed by atoms with Crippen LogP contribution >= 0.6 is 11.8 Å². The van der Waals surface area contributed by atoms with Gasteiger partial charge in [0.1, 0.15) is 11.9 Å². The maximum atomic E-state index is 12.3. The highest BCUT2D eigenvalue weighted by atomic mass is 32.2. The average Bonchev–Trinajstić information content (AvgIpc) is 3.10. The Morgan fingerprint density at radius 1 is 1.38 bits per heavy atom. The van der Waals surface area contributed by atoms with E-state index in [9.17, 15) is 10.1 Å². The molecule has 2 aromatic rings. The van der Waals surface area contributed by atoms with Crippen molar-refractivity contribution in [2.45, 2.75) is 5.16 Å². The van der Waals surface area contributed by atoms with Gasteiger partial charge in [0.2, 0.25) is 5.16 Å². The van der Waals surface area contributed by atoms with Gasteiger partial charge >= 0.3 is 6.03 Å². The molecule has 1 aliphatic rings. The van der Waals surface area contributed by atoms with Crippen LogP contribution in [0.3, 0.4) is 0 Å². The molecule has 10 nitrogen and oxygen atoms in total. The third-order valence-corrected chi connectivity index (χ3v) is 4.98. The van der Waals surface area contributed by atoms with Gasteiger partial charge in [-0.1, -0.05) is 11.8 Å². The number of piperazine rings is 1. The lowest BCUT2D eigenvalue weighted by molar-refractivity contribution is 0.195. The smallest absolute Gasteiger partial charge is 0.317 e. The van der Waals surface area contributed by atoms with E-state index in [-0.39, 0.29) is 6.03 Å². The van der Waals surface area contributed by atoms with E-state index in [0.29, 0.717) is 49.9 Å². The second kappa shape index (κ2) is 8.48. The number of rotatable bonds is 5. The predicted molar refractivity (Wildman–Crippen MR) is 95.7 cm³/mol. The Bertz CT molecular complexity index is 794. The second-order valence-electron chi connectivity index (χ2n) is 5.63. The van der Waals surface area contributed by atoms with Crippen LogP contribution in [0.4, 0.5) is 10.6 Å². The third kappa shape index (κ3) is 4.20. The molecule has 26 heavy (non-hydrogen) atoms. The van der Waals surface area contributed by atoms with Gasteiger partial charge in [-0.05, 0) is 22.6 Å². The summed E-state index contributed by atoms with van der Waals surface area (Å²) >= 11 is 1.49. The first-order chi connectivity index (χ1) is 12.7. The molecule has 0 saturated carbocycles. The van der Waals surface area contributed by atoms with Crippen molar-refractivity contribution in [1.82, 2.24) is 35.4 Å². The first-order valence-corrected chi connectivity index (χ1v) is 9.15. The quantitative estimate of drug-likeness (QED) is 0.579. The molecule has 136 valence electrons. The lowest BCUT2D eigenvalue weighted by Crippen LogP contribution is -2.52. The van der Waals surface area contributed by atoms with Crippen LogP contribution in [0.1, 0.15) is 5.56 Å². The van der Waals surface area contributed by atoms with Crippen LogP contribution in [-0.4, -0.2) is 74.6 Å². The zero-order valence-electron chi connectivity index (χ0n) is 14.4. The van der Waals surface area contributed by atoms with E-state index >= 15 is 0 Å². The fourth-order valence-corrected chi connectivity index (χ4v) is 3.32. The summed E-state index contributed by atoms with van der Waals surface area (Å²) in [7, 11) is 1.78. The summed E-state index contributed by atoms with van der Waals surface area (Å²) < 4.78 is 1.60. The van der Waals surface area contributed by atoms with Crippen LogP contribution < -0.4 is 10.2 Å². The lowest BCUT2D eigenvalue weighted by Gasteiger charge is -2.35. The first-order valence-electron chi connectivity index (χ1n) is 8.17. The van der Waals surface area contributed by atoms with Gasteiger partial charge in [-0.2, -0.15) is 5.26 Å². The van der Waals surface area contributed by atoms with Crippen LogP contribution in [0.15, 0.2) is 23.5 Å². The van der Waals surface area contributed by atoms with Crippen LogP contribution in [0.2, 0.25) is 0 Å². The number of nitrogens with zero attached hydrogens (tertiary/aromatic N) is 8. The van der Waals surface area contributed by atoms with Gasteiger partial charge in [0.25, 0.3) is 0 Å². The van der Waals surface area contributed by atoms with E-state index in [4.69, 9.17) is 0 Å². The van der Waals surface area contributed by atoms with E-state index in [0.717, 1.165) is 5.16 Å². The largest absolute Gasteiger partial charge is 0.352 e. The van der Waals surface area contributed by atoms with E-state index in [2.05, 4.69) is 31.9 Å². The topological polar surface area (TPSA) is 116 Å². The molecular weight excluding hydrogens is 354 g/mol. The number of anilines is 1. The average molecular weight is 373 g/mol. The van der Waals surface area contributed by atoms with Crippen molar-refractivity contribution in [3.63, 3.8) is 0 Å². The number of pyridine rings is 1. The maximum Gasteiger partial charge on any atom is 0.317 e. The number of carbonyl (C=O) groups is 1. The number of aryl methyl sites for hydroxylation is 1. The molecule has 1 N–H and O–H groups in total. The van der Waals surface area contributed by atoms with Gasteiger partial charge in [-0.15, -0.1) is 5.10 Å². The van der Waals surface area contributed by atoms with Crippen molar-refractivity contribution in [2.75, 3.05) is 43.4 Å². The number of carbonyl (C=O) groups excluding carboxylic acids is 1. The van der Waals surface area contributed by atoms with Gasteiger partial charge in [0.15, 0.2) is 0 Å². The predicted octanol–water partition coefficient (Wildman–Crippen LogP) is 0.101. The fraction of sp³-hybridized carbons (Fsp3) is 0.467.